The minimum absolute atomic E-state index is 0.203. The molecule has 0 radical (unpaired) electrons. The second-order valence-electron chi connectivity index (χ2n) is 3.88. The Kier molecular flexibility index (Phi) is 5.85. The SMILES string of the molecule is C=CCC=C.CCCn1cnc2ccc(F)cc21. The molecule has 0 fully saturated rings. The number of halogens is 1. The molecule has 96 valence electrons. The zero-order chi connectivity index (χ0) is 13.4. The fraction of sp³-hybridized carbons (Fsp3) is 0.267. The van der Waals surface area contributed by atoms with Crippen molar-refractivity contribution in [3.05, 3.63) is 55.7 Å². The van der Waals surface area contributed by atoms with Crippen LogP contribution in [0.1, 0.15) is 19.8 Å². The van der Waals surface area contributed by atoms with Crippen molar-refractivity contribution < 1.29 is 4.39 Å². The van der Waals surface area contributed by atoms with Gasteiger partial charge in [-0.2, -0.15) is 0 Å². The molecule has 0 spiro atoms. The fourth-order valence-corrected chi connectivity index (χ4v) is 1.57. The molecule has 0 bridgehead atoms. The van der Waals surface area contributed by atoms with Crippen LogP contribution in [-0.2, 0) is 6.54 Å². The van der Waals surface area contributed by atoms with Gasteiger partial charge < -0.3 is 4.57 Å². The Morgan fingerprint density at radius 1 is 1.33 bits per heavy atom. The summed E-state index contributed by atoms with van der Waals surface area (Å²) in [6, 6.07) is 4.67. The van der Waals surface area contributed by atoms with Crippen molar-refractivity contribution in [2.24, 2.45) is 0 Å². The van der Waals surface area contributed by atoms with Crippen LogP contribution in [0.25, 0.3) is 11.0 Å². The van der Waals surface area contributed by atoms with E-state index < -0.39 is 0 Å². The number of benzene rings is 1. The molecule has 3 heteroatoms. The number of nitrogens with zero attached hydrogens (tertiary/aromatic N) is 2. The molecule has 0 aliphatic heterocycles. The summed E-state index contributed by atoms with van der Waals surface area (Å²) in [5, 5.41) is 0. The summed E-state index contributed by atoms with van der Waals surface area (Å²) < 4.78 is 14.9. The predicted molar refractivity (Wildman–Crippen MR) is 75.0 cm³/mol. The van der Waals surface area contributed by atoms with Gasteiger partial charge in [0.15, 0.2) is 0 Å². The molecule has 0 unspecified atom stereocenters. The van der Waals surface area contributed by atoms with Crippen LogP contribution in [0.2, 0.25) is 0 Å². The second kappa shape index (κ2) is 7.43. The highest BCUT2D eigenvalue weighted by Gasteiger charge is 2.01. The number of hydrogen-bond donors (Lipinski definition) is 0. The van der Waals surface area contributed by atoms with Gasteiger partial charge in [0.25, 0.3) is 0 Å². The average molecular weight is 246 g/mol. The topological polar surface area (TPSA) is 17.8 Å². The first-order chi connectivity index (χ1) is 8.72. The van der Waals surface area contributed by atoms with E-state index in [2.05, 4.69) is 25.1 Å². The maximum Gasteiger partial charge on any atom is 0.125 e. The maximum absolute atomic E-state index is 12.9. The van der Waals surface area contributed by atoms with Crippen molar-refractivity contribution in [3.8, 4) is 0 Å². The fourth-order valence-electron chi connectivity index (χ4n) is 1.57. The van der Waals surface area contributed by atoms with Crippen molar-refractivity contribution in [2.75, 3.05) is 0 Å². The first-order valence-electron chi connectivity index (χ1n) is 6.05. The van der Waals surface area contributed by atoms with Gasteiger partial charge in [-0.1, -0.05) is 19.1 Å². The molecule has 0 N–H and O–H groups in total. The summed E-state index contributed by atoms with van der Waals surface area (Å²) in [4.78, 5) is 4.17. The lowest BCUT2D eigenvalue weighted by molar-refractivity contribution is 0.627. The number of imidazole rings is 1. The number of allylic oxidation sites excluding steroid dienone is 2. The third kappa shape index (κ3) is 3.84. The molecule has 1 aromatic heterocycles. The zero-order valence-corrected chi connectivity index (χ0v) is 10.8. The molecule has 0 amide bonds. The molecule has 1 heterocycles. The van der Waals surface area contributed by atoms with Crippen LogP contribution in [0.4, 0.5) is 4.39 Å². The number of fused-ring (bicyclic) bond motifs is 1. The lowest BCUT2D eigenvalue weighted by Gasteiger charge is -2.00. The number of hydrogen-bond acceptors (Lipinski definition) is 1. The summed E-state index contributed by atoms with van der Waals surface area (Å²) in [5.41, 5.74) is 1.73. The third-order valence-electron chi connectivity index (χ3n) is 2.38. The summed E-state index contributed by atoms with van der Waals surface area (Å²) in [7, 11) is 0. The smallest absolute Gasteiger partial charge is 0.125 e. The van der Waals surface area contributed by atoms with E-state index in [1.54, 1.807) is 12.4 Å². The van der Waals surface area contributed by atoms with Crippen LogP contribution in [0.5, 0.6) is 0 Å². The highest BCUT2D eigenvalue weighted by molar-refractivity contribution is 5.75. The lowest BCUT2D eigenvalue weighted by atomic mass is 10.3. The van der Waals surface area contributed by atoms with E-state index in [4.69, 9.17) is 0 Å². The predicted octanol–water partition coefficient (Wildman–Crippen LogP) is 4.33. The number of rotatable bonds is 4. The van der Waals surface area contributed by atoms with Crippen LogP contribution < -0.4 is 0 Å². The monoisotopic (exact) mass is 246 g/mol. The van der Waals surface area contributed by atoms with E-state index in [0.717, 1.165) is 30.4 Å². The molecule has 0 saturated heterocycles. The van der Waals surface area contributed by atoms with Crippen LogP contribution in [0, 0.1) is 5.82 Å². The molecular formula is C15H19FN2. The Balaban J connectivity index is 0.000000280. The first-order valence-corrected chi connectivity index (χ1v) is 6.05. The highest BCUT2D eigenvalue weighted by atomic mass is 19.1. The quantitative estimate of drug-likeness (QED) is 0.734. The summed E-state index contributed by atoms with van der Waals surface area (Å²) >= 11 is 0. The van der Waals surface area contributed by atoms with Crippen LogP contribution >= 0.6 is 0 Å². The van der Waals surface area contributed by atoms with Crippen molar-refractivity contribution in [1.82, 2.24) is 9.55 Å². The molecule has 0 aliphatic rings. The highest BCUT2D eigenvalue weighted by Crippen LogP contribution is 2.14. The van der Waals surface area contributed by atoms with E-state index in [-0.39, 0.29) is 5.82 Å². The van der Waals surface area contributed by atoms with Gasteiger partial charge in [0, 0.05) is 6.54 Å². The number of aromatic nitrogens is 2. The van der Waals surface area contributed by atoms with Crippen molar-refractivity contribution in [2.45, 2.75) is 26.3 Å². The van der Waals surface area contributed by atoms with Gasteiger partial charge in [-0.05, 0) is 31.0 Å². The van der Waals surface area contributed by atoms with Gasteiger partial charge in [-0.15, -0.1) is 13.2 Å². The molecule has 2 nitrogen and oxygen atoms in total. The average Bonchev–Trinajstić information content (AvgIpc) is 2.74. The summed E-state index contributed by atoms with van der Waals surface area (Å²) in [5.74, 6) is -0.203. The van der Waals surface area contributed by atoms with Gasteiger partial charge >= 0.3 is 0 Å². The second-order valence-corrected chi connectivity index (χ2v) is 3.88. The molecule has 0 atom stereocenters. The minimum Gasteiger partial charge on any atom is -0.331 e. The molecule has 0 aliphatic carbocycles. The van der Waals surface area contributed by atoms with Crippen LogP contribution in [0.15, 0.2) is 49.8 Å². The van der Waals surface area contributed by atoms with Crippen LogP contribution in [0.3, 0.4) is 0 Å². The molecule has 2 rings (SSSR count). The van der Waals surface area contributed by atoms with Gasteiger partial charge in [0.2, 0.25) is 0 Å². The lowest BCUT2D eigenvalue weighted by Crippen LogP contribution is -1.93. The van der Waals surface area contributed by atoms with Gasteiger partial charge in [-0.3, -0.25) is 0 Å². The molecule has 0 saturated carbocycles. The molecular weight excluding hydrogens is 227 g/mol. The largest absolute Gasteiger partial charge is 0.331 e. The number of aryl methyl sites for hydroxylation is 1. The maximum atomic E-state index is 12.9. The minimum atomic E-state index is -0.203. The van der Waals surface area contributed by atoms with Crippen molar-refractivity contribution in [1.29, 1.82) is 0 Å². The van der Waals surface area contributed by atoms with Crippen molar-refractivity contribution in [3.63, 3.8) is 0 Å². The summed E-state index contributed by atoms with van der Waals surface area (Å²) in [6.07, 6.45) is 7.33. The molecule has 18 heavy (non-hydrogen) atoms. The third-order valence-corrected chi connectivity index (χ3v) is 2.38. The van der Waals surface area contributed by atoms with E-state index >= 15 is 0 Å². The normalized spacial score (nSPS) is 9.67. The van der Waals surface area contributed by atoms with E-state index in [0.29, 0.717) is 0 Å². The Bertz CT molecular complexity index is 508. The van der Waals surface area contributed by atoms with E-state index in [1.165, 1.54) is 12.1 Å². The summed E-state index contributed by atoms with van der Waals surface area (Å²) in [6.45, 7) is 9.94. The zero-order valence-electron chi connectivity index (χ0n) is 10.8. The van der Waals surface area contributed by atoms with E-state index in [9.17, 15) is 4.39 Å². The van der Waals surface area contributed by atoms with Gasteiger partial charge in [0.05, 0.1) is 17.4 Å². The standard InChI is InChI=1S/C10H11FN2.C5H8/c1-2-5-13-7-12-9-4-3-8(11)6-10(9)13;1-3-5-4-2/h3-4,6-7H,2,5H2,1H3;3-4H,1-2,5H2. The Morgan fingerprint density at radius 3 is 2.61 bits per heavy atom. The van der Waals surface area contributed by atoms with Crippen molar-refractivity contribution >= 4 is 11.0 Å². The Hall–Kier alpha value is -1.90. The van der Waals surface area contributed by atoms with Crippen LogP contribution in [-0.4, -0.2) is 9.55 Å². The van der Waals surface area contributed by atoms with Gasteiger partial charge in [-0.25, -0.2) is 9.37 Å². The van der Waals surface area contributed by atoms with E-state index in [1.807, 2.05) is 16.7 Å². The first kappa shape index (κ1) is 14.2. The molecule has 2 aromatic rings. The Labute approximate surface area is 107 Å². The Morgan fingerprint density at radius 2 is 2.06 bits per heavy atom. The van der Waals surface area contributed by atoms with Gasteiger partial charge in [0.1, 0.15) is 5.82 Å². The molecule has 1 aromatic carbocycles.